The van der Waals surface area contributed by atoms with Crippen molar-refractivity contribution < 1.29 is 9.90 Å². The molecule has 0 amide bonds. The zero-order valence-electron chi connectivity index (χ0n) is 13.1. The van der Waals surface area contributed by atoms with Crippen molar-refractivity contribution in [1.82, 2.24) is 4.90 Å². The van der Waals surface area contributed by atoms with Crippen LogP contribution in [0.25, 0.3) is 0 Å². The second-order valence-corrected chi connectivity index (χ2v) is 5.49. The summed E-state index contributed by atoms with van der Waals surface area (Å²) in [5, 5.41) is 9.10. The van der Waals surface area contributed by atoms with Gasteiger partial charge in [-0.25, -0.2) is 0 Å². The number of carboxylic acid groups (broad SMARTS) is 1. The van der Waals surface area contributed by atoms with Crippen LogP contribution in [0.5, 0.6) is 0 Å². The molecule has 0 saturated carbocycles. The molecule has 0 bridgehead atoms. The Kier molecular flexibility index (Phi) is 6.73. The van der Waals surface area contributed by atoms with E-state index in [2.05, 4.69) is 56.9 Å². The van der Waals surface area contributed by atoms with Gasteiger partial charge in [-0.15, -0.1) is 0 Å². The molecule has 112 valence electrons. The van der Waals surface area contributed by atoms with E-state index in [4.69, 9.17) is 5.11 Å². The van der Waals surface area contributed by atoms with E-state index in [1.165, 1.54) is 11.1 Å². The lowest BCUT2D eigenvalue weighted by atomic mass is 10.0. The molecule has 0 fully saturated rings. The van der Waals surface area contributed by atoms with Gasteiger partial charge in [0, 0.05) is 12.1 Å². The third-order valence-electron chi connectivity index (χ3n) is 3.97. The predicted molar refractivity (Wildman–Crippen MR) is 82.9 cm³/mol. The first kappa shape index (κ1) is 16.7. The van der Waals surface area contributed by atoms with E-state index in [1.807, 2.05) is 0 Å². The van der Waals surface area contributed by atoms with Crippen molar-refractivity contribution in [3.63, 3.8) is 0 Å². The summed E-state index contributed by atoms with van der Waals surface area (Å²) in [6, 6.07) is 8.96. The van der Waals surface area contributed by atoms with Crippen LogP contribution < -0.4 is 0 Å². The predicted octanol–water partition coefficient (Wildman–Crippen LogP) is 3.89. The Bertz CT molecular complexity index is 414. The quantitative estimate of drug-likeness (QED) is 0.783. The fourth-order valence-electron chi connectivity index (χ4n) is 2.51. The molecular formula is C17H27NO2. The number of hydrogen-bond donors (Lipinski definition) is 1. The molecule has 2 atom stereocenters. The number of carboxylic acids is 1. The Morgan fingerprint density at radius 2 is 1.80 bits per heavy atom. The number of rotatable bonds is 8. The van der Waals surface area contributed by atoms with Crippen molar-refractivity contribution in [3.05, 3.63) is 35.4 Å². The maximum Gasteiger partial charge on any atom is 0.317 e. The van der Waals surface area contributed by atoms with E-state index < -0.39 is 5.97 Å². The Balaban J connectivity index is 2.87. The van der Waals surface area contributed by atoms with Crippen LogP contribution in [-0.4, -0.2) is 28.6 Å². The molecule has 0 spiro atoms. The second-order valence-electron chi connectivity index (χ2n) is 5.49. The van der Waals surface area contributed by atoms with Gasteiger partial charge < -0.3 is 5.11 Å². The minimum absolute atomic E-state index is 0.0902. The van der Waals surface area contributed by atoms with Gasteiger partial charge in [0.25, 0.3) is 0 Å². The summed E-state index contributed by atoms with van der Waals surface area (Å²) in [6.07, 6.45) is 3.19. The fraction of sp³-hybridized carbons (Fsp3) is 0.588. The minimum Gasteiger partial charge on any atom is -0.480 e. The highest BCUT2D eigenvalue weighted by atomic mass is 16.4. The molecule has 0 aliphatic heterocycles. The molecule has 0 saturated heterocycles. The van der Waals surface area contributed by atoms with Gasteiger partial charge in [-0.05, 0) is 37.8 Å². The van der Waals surface area contributed by atoms with Gasteiger partial charge in [0.1, 0.15) is 0 Å². The molecule has 1 aromatic rings. The van der Waals surface area contributed by atoms with E-state index in [9.17, 15) is 4.79 Å². The summed E-state index contributed by atoms with van der Waals surface area (Å²) in [4.78, 5) is 13.1. The molecule has 0 radical (unpaired) electrons. The summed E-state index contributed by atoms with van der Waals surface area (Å²) >= 11 is 0. The van der Waals surface area contributed by atoms with Gasteiger partial charge in [0.2, 0.25) is 0 Å². The van der Waals surface area contributed by atoms with Gasteiger partial charge in [0.15, 0.2) is 0 Å². The highest BCUT2D eigenvalue weighted by molar-refractivity contribution is 5.69. The third-order valence-corrected chi connectivity index (χ3v) is 3.97. The summed E-state index contributed by atoms with van der Waals surface area (Å²) in [5.41, 5.74) is 2.53. The van der Waals surface area contributed by atoms with Crippen LogP contribution >= 0.6 is 0 Å². The molecule has 1 rings (SSSR count). The summed E-state index contributed by atoms with van der Waals surface area (Å²) in [5.74, 6) is -0.764. The van der Waals surface area contributed by atoms with Gasteiger partial charge in [0.05, 0.1) is 6.54 Å². The van der Waals surface area contributed by atoms with Crippen LogP contribution in [0.2, 0.25) is 0 Å². The van der Waals surface area contributed by atoms with E-state index in [0.29, 0.717) is 0 Å². The molecule has 20 heavy (non-hydrogen) atoms. The number of carbonyl (C=O) groups is 1. The number of aryl methyl sites for hydroxylation is 1. The first-order valence-electron chi connectivity index (χ1n) is 7.55. The minimum atomic E-state index is -0.764. The summed E-state index contributed by atoms with van der Waals surface area (Å²) in [7, 11) is 0. The van der Waals surface area contributed by atoms with Crippen molar-refractivity contribution >= 4 is 5.97 Å². The average Bonchev–Trinajstić information content (AvgIpc) is 2.44. The molecular weight excluding hydrogens is 250 g/mol. The molecule has 0 aliphatic carbocycles. The average molecular weight is 277 g/mol. The Morgan fingerprint density at radius 3 is 2.25 bits per heavy atom. The Morgan fingerprint density at radius 1 is 1.20 bits per heavy atom. The zero-order valence-corrected chi connectivity index (χ0v) is 13.1. The van der Waals surface area contributed by atoms with Crippen LogP contribution in [0.3, 0.4) is 0 Å². The molecule has 1 aromatic carbocycles. The highest BCUT2D eigenvalue weighted by Gasteiger charge is 2.22. The molecule has 3 nitrogen and oxygen atoms in total. The maximum absolute atomic E-state index is 11.1. The van der Waals surface area contributed by atoms with Crippen molar-refractivity contribution in [1.29, 1.82) is 0 Å². The SMILES string of the molecule is CCCc1ccc(C(C)N(CC(=O)O)C(C)CC)cc1. The first-order chi connectivity index (χ1) is 9.49. The molecule has 3 heteroatoms. The van der Waals surface area contributed by atoms with Crippen LogP contribution in [0.1, 0.15) is 57.7 Å². The lowest BCUT2D eigenvalue weighted by molar-refractivity contribution is -0.139. The molecule has 0 aromatic heterocycles. The van der Waals surface area contributed by atoms with Crippen molar-refractivity contribution in [2.45, 2.75) is 59.0 Å². The Labute approximate surface area is 122 Å². The largest absolute Gasteiger partial charge is 0.480 e. The van der Waals surface area contributed by atoms with Crippen LogP contribution in [0, 0.1) is 0 Å². The summed E-state index contributed by atoms with van der Waals surface area (Å²) in [6.45, 7) is 8.53. The van der Waals surface area contributed by atoms with E-state index >= 15 is 0 Å². The smallest absolute Gasteiger partial charge is 0.317 e. The van der Waals surface area contributed by atoms with Crippen molar-refractivity contribution in [2.24, 2.45) is 0 Å². The van der Waals surface area contributed by atoms with Crippen molar-refractivity contribution in [3.8, 4) is 0 Å². The van der Waals surface area contributed by atoms with Gasteiger partial charge in [-0.1, -0.05) is 44.5 Å². The van der Waals surface area contributed by atoms with E-state index in [0.717, 1.165) is 19.3 Å². The van der Waals surface area contributed by atoms with E-state index in [-0.39, 0.29) is 18.6 Å². The zero-order chi connectivity index (χ0) is 15.1. The van der Waals surface area contributed by atoms with Crippen molar-refractivity contribution in [2.75, 3.05) is 6.54 Å². The highest BCUT2D eigenvalue weighted by Crippen LogP contribution is 2.24. The Hall–Kier alpha value is -1.35. The molecule has 2 unspecified atom stereocenters. The summed E-state index contributed by atoms with van der Waals surface area (Å²) < 4.78 is 0. The first-order valence-corrected chi connectivity index (χ1v) is 7.55. The third kappa shape index (κ3) is 4.64. The molecule has 0 aliphatic rings. The second kappa shape index (κ2) is 8.05. The van der Waals surface area contributed by atoms with E-state index in [1.54, 1.807) is 0 Å². The van der Waals surface area contributed by atoms with Gasteiger partial charge in [-0.3, -0.25) is 9.69 Å². The topological polar surface area (TPSA) is 40.5 Å². The maximum atomic E-state index is 11.1. The number of aliphatic carboxylic acids is 1. The van der Waals surface area contributed by atoms with Crippen LogP contribution in [0.4, 0.5) is 0 Å². The van der Waals surface area contributed by atoms with Crippen LogP contribution in [-0.2, 0) is 11.2 Å². The molecule has 0 heterocycles. The number of nitrogens with zero attached hydrogens (tertiary/aromatic N) is 1. The monoisotopic (exact) mass is 277 g/mol. The lowest BCUT2D eigenvalue weighted by Crippen LogP contribution is -2.39. The van der Waals surface area contributed by atoms with Gasteiger partial charge >= 0.3 is 5.97 Å². The fourth-order valence-corrected chi connectivity index (χ4v) is 2.51. The van der Waals surface area contributed by atoms with Crippen LogP contribution in [0.15, 0.2) is 24.3 Å². The molecule has 1 N–H and O–H groups in total. The number of hydrogen-bond acceptors (Lipinski definition) is 2. The normalized spacial score (nSPS) is 14.2. The number of benzene rings is 1. The lowest BCUT2D eigenvalue weighted by Gasteiger charge is -2.33. The standard InChI is InChI=1S/C17H27NO2/c1-5-7-15-8-10-16(11-9-15)14(4)18(12-17(19)20)13(3)6-2/h8-11,13-14H,5-7,12H2,1-4H3,(H,19,20). The van der Waals surface area contributed by atoms with Gasteiger partial charge in [-0.2, -0.15) is 0 Å².